The molecule has 4 aromatic rings. The van der Waals surface area contributed by atoms with Crippen LogP contribution < -0.4 is 10.6 Å². The fraction of sp³-hybridized carbons (Fsp3) is 0.0714. The van der Waals surface area contributed by atoms with Crippen LogP contribution in [0.5, 0.6) is 0 Å². The zero-order valence-electron chi connectivity index (χ0n) is 19.7. The lowest BCUT2D eigenvalue weighted by molar-refractivity contribution is -0.384. The van der Waals surface area contributed by atoms with Crippen LogP contribution >= 0.6 is 23.4 Å². The molecule has 0 aliphatic carbocycles. The van der Waals surface area contributed by atoms with E-state index in [1.54, 1.807) is 30.3 Å². The van der Waals surface area contributed by atoms with E-state index < -0.39 is 16.1 Å². The maximum absolute atomic E-state index is 13.4. The molecule has 186 valence electrons. The minimum absolute atomic E-state index is 0.0897. The number of nitro benzene ring substituents is 1. The minimum Gasteiger partial charge on any atom is -0.325 e. The average Bonchev–Trinajstić information content (AvgIpc) is 2.90. The third kappa shape index (κ3) is 6.75. The molecule has 0 fully saturated rings. The lowest BCUT2D eigenvalue weighted by atomic mass is 10.1. The van der Waals surface area contributed by atoms with Crippen molar-refractivity contribution < 1.29 is 14.5 Å². The summed E-state index contributed by atoms with van der Waals surface area (Å²) in [5.74, 6) is -0.604. The van der Waals surface area contributed by atoms with E-state index in [4.69, 9.17) is 11.6 Å². The van der Waals surface area contributed by atoms with Gasteiger partial charge >= 0.3 is 0 Å². The van der Waals surface area contributed by atoms with Gasteiger partial charge < -0.3 is 10.6 Å². The molecule has 37 heavy (non-hydrogen) atoms. The highest BCUT2D eigenvalue weighted by atomic mass is 35.5. The number of rotatable bonds is 8. The summed E-state index contributed by atoms with van der Waals surface area (Å²) in [6, 6.07) is 27.3. The van der Waals surface area contributed by atoms with E-state index in [1.165, 1.54) is 36.0 Å². The summed E-state index contributed by atoms with van der Waals surface area (Å²) in [5.41, 5.74) is 3.10. The van der Waals surface area contributed by atoms with Gasteiger partial charge in [0.15, 0.2) is 0 Å². The Balaban J connectivity index is 1.54. The number of carbonyl (C=O) groups is 2. The van der Waals surface area contributed by atoms with Crippen molar-refractivity contribution in [3.05, 3.63) is 129 Å². The van der Waals surface area contributed by atoms with E-state index >= 15 is 0 Å². The zero-order chi connectivity index (χ0) is 26.4. The molecule has 0 aliphatic heterocycles. The number of nitrogens with one attached hydrogen (secondary N) is 2. The third-order valence-electron chi connectivity index (χ3n) is 5.48. The van der Waals surface area contributed by atoms with Crippen LogP contribution in [0, 0.1) is 17.0 Å². The van der Waals surface area contributed by atoms with Crippen LogP contribution in [0.25, 0.3) is 0 Å². The molecule has 7 nitrogen and oxygen atoms in total. The van der Waals surface area contributed by atoms with Crippen LogP contribution in [0.15, 0.2) is 102 Å². The van der Waals surface area contributed by atoms with Crippen LogP contribution in [0.1, 0.15) is 26.7 Å². The molecule has 4 rings (SSSR count). The molecule has 0 saturated heterocycles. The lowest BCUT2D eigenvalue weighted by Crippen LogP contribution is -2.19. The number of halogens is 1. The smallest absolute Gasteiger partial charge is 0.269 e. The molecule has 0 saturated carbocycles. The molecule has 2 N–H and O–H groups in total. The molecule has 0 aromatic heterocycles. The Morgan fingerprint density at radius 1 is 0.892 bits per heavy atom. The van der Waals surface area contributed by atoms with E-state index in [0.717, 1.165) is 16.0 Å². The van der Waals surface area contributed by atoms with Gasteiger partial charge in [0.1, 0.15) is 5.25 Å². The molecule has 2 amide bonds. The van der Waals surface area contributed by atoms with Crippen molar-refractivity contribution in [3.8, 4) is 0 Å². The van der Waals surface area contributed by atoms with Gasteiger partial charge in [-0.25, -0.2) is 0 Å². The quantitative estimate of drug-likeness (QED) is 0.141. The Hall–Kier alpha value is -4.14. The summed E-state index contributed by atoms with van der Waals surface area (Å²) in [4.78, 5) is 37.2. The van der Waals surface area contributed by atoms with Gasteiger partial charge in [0.05, 0.1) is 4.92 Å². The molecule has 1 unspecified atom stereocenters. The highest BCUT2D eigenvalue weighted by Gasteiger charge is 2.23. The van der Waals surface area contributed by atoms with Gasteiger partial charge in [-0.2, -0.15) is 0 Å². The van der Waals surface area contributed by atoms with E-state index in [1.807, 2.05) is 49.4 Å². The Labute approximate surface area is 223 Å². The molecule has 0 heterocycles. The monoisotopic (exact) mass is 531 g/mol. The number of thioether (sulfide) groups is 1. The highest BCUT2D eigenvalue weighted by Crippen LogP contribution is 2.37. The van der Waals surface area contributed by atoms with Crippen LogP contribution in [0.4, 0.5) is 17.1 Å². The van der Waals surface area contributed by atoms with Crippen LogP contribution in [0.2, 0.25) is 5.02 Å². The van der Waals surface area contributed by atoms with Gasteiger partial charge in [0.2, 0.25) is 5.91 Å². The fourth-order valence-electron chi connectivity index (χ4n) is 3.55. The first-order valence-corrected chi connectivity index (χ1v) is 12.5. The number of nitro groups is 1. The van der Waals surface area contributed by atoms with E-state index in [0.29, 0.717) is 22.0 Å². The zero-order valence-corrected chi connectivity index (χ0v) is 21.3. The Morgan fingerprint density at radius 2 is 1.62 bits per heavy atom. The molecule has 0 bridgehead atoms. The summed E-state index contributed by atoms with van der Waals surface area (Å²) in [6.45, 7) is 1.90. The van der Waals surface area contributed by atoms with E-state index in [-0.39, 0.29) is 11.6 Å². The number of amides is 2. The summed E-state index contributed by atoms with van der Waals surface area (Å²) in [6.07, 6.45) is 0. The Morgan fingerprint density at radius 3 is 2.32 bits per heavy atom. The topological polar surface area (TPSA) is 101 Å². The molecular weight excluding hydrogens is 510 g/mol. The third-order valence-corrected chi connectivity index (χ3v) is 6.97. The standard InChI is InChI=1S/C28H22ClN3O4S/c1-18-10-13-21(29)16-25(18)31-28(34)26(19-6-3-2-4-7-19)37-24-9-5-8-22(17-24)30-27(33)20-11-14-23(15-12-20)32(35)36/h2-17,26H,1H3,(H,30,33)(H,31,34). The van der Waals surface area contributed by atoms with Crippen molar-refractivity contribution in [2.24, 2.45) is 0 Å². The maximum Gasteiger partial charge on any atom is 0.269 e. The second-order valence-electron chi connectivity index (χ2n) is 8.14. The molecular formula is C28H22ClN3O4S. The molecule has 0 aliphatic rings. The SMILES string of the molecule is Cc1ccc(Cl)cc1NC(=O)C(Sc1cccc(NC(=O)c2ccc([N+](=O)[O-])cc2)c1)c1ccccc1. The Kier molecular flexibility index (Phi) is 8.22. The van der Waals surface area contributed by atoms with Crippen molar-refractivity contribution >= 4 is 52.2 Å². The number of non-ortho nitro benzene ring substituents is 1. The molecule has 1 atom stereocenters. The minimum atomic E-state index is -0.569. The number of hydrogen-bond acceptors (Lipinski definition) is 5. The predicted molar refractivity (Wildman–Crippen MR) is 147 cm³/mol. The predicted octanol–water partition coefficient (Wildman–Crippen LogP) is 7.28. The van der Waals surface area contributed by atoms with Crippen LogP contribution in [0.3, 0.4) is 0 Å². The molecule has 0 spiro atoms. The number of anilines is 2. The van der Waals surface area contributed by atoms with Gasteiger partial charge in [0, 0.05) is 39.0 Å². The van der Waals surface area contributed by atoms with Gasteiger partial charge in [-0.05, 0) is 60.5 Å². The van der Waals surface area contributed by atoms with Crippen molar-refractivity contribution in [1.82, 2.24) is 0 Å². The number of aryl methyl sites for hydroxylation is 1. The summed E-state index contributed by atoms with van der Waals surface area (Å²) in [5, 5.41) is 16.6. The second-order valence-corrected chi connectivity index (χ2v) is 9.76. The van der Waals surface area contributed by atoms with Crippen molar-refractivity contribution in [2.75, 3.05) is 10.6 Å². The molecule has 4 aromatic carbocycles. The second kappa shape index (κ2) is 11.7. The summed E-state index contributed by atoms with van der Waals surface area (Å²) >= 11 is 7.48. The first-order chi connectivity index (χ1) is 17.8. The summed E-state index contributed by atoms with van der Waals surface area (Å²) < 4.78 is 0. The van der Waals surface area contributed by atoms with Crippen LogP contribution in [-0.4, -0.2) is 16.7 Å². The van der Waals surface area contributed by atoms with E-state index in [9.17, 15) is 19.7 Å². The van der Waals surface area contributed by atoms with Crippen molar-refractivity contribution in [3.63, 3.8) is 0 Å². The first-order valence-electron chi connectivity index (χ1n) is 11.2. The number of benzene rings is 4. The van der Waals surface area contributed by atoms with Crippen molar-refractivity contribution in [1.29, 1.82) is 0 Å². The average molecular weight is 532 g/mol. The van der Waals surface area contributed by atoms with Gasteiger partial charge in [0.25, 0.3) is 11.6 Å². The lowest BCUT2D eigenvalue weighted by Gasteiger charge is -2.18. The maximum atomic E-state index is 13.4. The largest absolute Gasteiger partial charge is 0.325 e. The van der Waals surface area contributed by atoms with Crippen LogP contribution in [-0.2, 0) is 4.79 Å². The fourth-order valence-corrected chi connectivity index (χ4v) is 4.80. The summed E-state index contributed by atoms with van der Waals surface area (Å²) in [7, 11) is 0. The van der Waals surface area contributed by atoms with E-state index in [2.05, 4.69) is 10.6 Å². The molecule has 9 heteroatoms. The first kappa shape index (κ1) is 25.9. The van der Waals surface area contributed by atoms with Crippen molar-refractivity contribution in [2.45, 2.75) is 17.1 Å². The van der Waals surface area contributed by atoms with Gasteiger partial charge in [-0.3, -0.25) is 19.7 Å². The highest BCUT2D eigenvalue weighted by molar-refractivity contribution is 8.00. The van der Waals surface area contributed by atoms with Gasteiger partial charge in [-0.15, -0.1) is 11.8 Å². The Bertz CT molecular complexity index is 1450. The number of nitrogens with zero attached hydrogens (tertiary/aromatic N) is 1. The number of hydrogen-bond donors (Lipinski definition) is 2. The number of carbonyl (C=O) groups excluding carboxylic acids is 2. The normalized spacial score (nSPS) is 11.4. The van der Waals surface area contributed by atoms with Gasteiger partial charge in [-0.1, -0.05) is 54.1 Å². The molecule has 0 radical (unpaired) electrons.